The highest BCUT2D eigenvalue weighted by Crippen LogP contribution is 2.27. The molecule has 1 unspecified atom stereocenters. The lowest BCUT2D eigenvalue weighted by Gasteiger charge is -2.20. The van der Waals surface area contributed by atoms with Gasteiger partial charge in [0.2, 0.25) is 0 Å². The summed E-state index contributed by atoms with van der Waals surface area (Å²) in [6.07, 6.45) is 9.85. The Morgan fingerprint density at radius 2 is 1.94 bits per heavy atom. The van der Waals surface area contributed by atoms with Crippen molar-refractivity contribution in [3.05, 3.63) is 0 Å². The highest BCUT2D eigenvalue weighted by atomic mass is 16.5. The number of ether oxygens (including phenoxy) is 1. The molecule has 0 radical (unpaired) electrons. The average Bonchev–Trinajstić information content (AvgIpc) is 2.65. The van der Waals surface area contributed by atoms with Gasteiger partial charge >= 0.3 is 5.97 Å². The largest absolute Gasteiger partial charge is 0.466 e. The average molecular weight is 256 g/mol. The maximum atomic E-state index is 11.4. The summed E-state index contributed by atoms with van der Waals surface area (Å²) in [5.41, 5.74) is 0. The molecule has 1 N–H and O–H groups in total. The lowest BCUT2D eigenvalue weighted by atomic mass is 9.91. The number of hydrogen-bond donors (Lipinski definition) is 1. The van der Waals surface area contributed by atoms with Crippen LogP contribution >= 0.6 is 0 Å². The van der Waals surface area contributed by atoms with Crippen molar-refractivity contribution in [2.75, 3.05) is 6.61 Å². The number of carbonyl (C=O) groups excluding carboxylic acids is 1. The van der Waals surface area contributed by atoms with Crippen LogP contribution < -0.4 is 0 Å². The fourth-order valence-electron chi connectivity index (χ4n) is 2.60. The first-order chi connectivity index (χ1) is 8.74. The molecule has 3 nitrogen and oxygen atoms in total. The molecule has 0 aromatic carbocycles. The number of unbranched alkanes of at least 4 members (excludes halogenated alkanes) is 1. The van der Waals surface area contributed by atoms with Crippen LogP contribution in [0.1, 0.15) is 71.1 Å². The van der Waals surface area contributed by atoms with Gasteiger partial charge < -0.3 is 9.84 Å². The third-order valence-corrected chi connectivity index (χ3v) is 3.85. The Morgan fingerprint density at radius 3 is 2.56 bits per heavy atom. The van der Waals surface area contributed by atoms with Crippen molar-refractivity contribution in [3.63, 3.8) is 0 Å². The summed E-state index contributed by atoms with van der Waals surface area (Å²) in [6.45, 7) is 2.60. The SMILES string of the molecule is CCCCOC(=O)CCC(O)C1CCCCCC1. The topological polar surface area (TPSA) is 46.5 Å². The van der Waals surface area contributed by atoms with Crippen LogP contribution in [0.5, 0.6) is 0 Å². The highest BCUT2D eigenvalue weighted by Gasteiger charge is 2.21. The van der Waals surface area contributed by atoms with Crippen LogP contribution in [0.2, 0.25) is 0 Å². The van der Waals surface area contributed by atoms with Crippen molar-refractivity contribution < 1.29 is 14.6 Å². The van der Waals surface area contributed by atoms with E-state index in [1.807, 2.05) is 0 Å². The first-order valence-corrected chi connectivity index (χ1v) is 7.57. The number of carbonyl (C=O) groups is 1. The Kier molecular flexibility index (Phi) is 8.06. The summed E-state index contributed by atoms with van der Waals surface area (Å²) in [6, 6.07) is 0. The lowest BCUT2D eigenvalue weighted by Crippen LogP contribution is -2.21. The molecule has 1 aliphatic rings. The van der Waals surface area contributed by atoms with Gasteiger partial charge in [-0.1, -0.05) is 39.0 Å². The van der Waals surface area contributed by atoms with Crippen LogP contribution in [0.4, 0.5) is 0 Å². The van der Waals surface area contributed by atoms with E-state index in [1.165, 1.54) is 25.7 Å². The maximum Gasteiger partial charge on any atom is 0.305 e. The molecule has 106 valence electrons. The summed E-state index contributed by atoms with van der Waals surface area (Å²) >= 11 is 0. The maximum absolute atomic E-state index is 11.4. The molecule has 1 aliphatic carbocycles. The zero-order chi connectivity index (χ0) is 13.2. The van der Waals surface area contributed by atoms with Gasteiger partial charge in [0, 0.05) is 6.42 Å². The second-order valence-electron chi connectivity index (χ2n) is 5.43. The molecule has 0 saturated heterocycles. The molecule has 18 heavy (non-hydrogen) atoms. The summed E-state index contributed by atoms with van der Waals surface area (Å²) in [5.74, 6) is 0.243. The molecular formula is C15H28O3. The molecule has 0 aromatic rings. The number of hydrogen-bond acceptors (Lipinski definition) is 3. The van der Waals surface area contributed by atoms with E-state index in [1.54, 1.807) is 0 Å². The van der Waals surface area contributed by atoms with Gasteiger partial charge in [-0.15, -0.1) is 0 Å². The van der Waals surface area contributed by atoms with Crippen LogP contribution in [-0.2, 0) is 9.53 Å². The minimum absolute atomic E-state index is 0.156. The number of aliphatic hydroxyl groups is 1. The van der Waals surface area contributed by atoms with Gasteiger partial charge in [-0.05, 0) is 31.6 Å². The number of esters is 1. The van der Waals surface area contributed by atoms with E-state index >= 15 is 0 Å². The molecule has 1 fully saturated rings. The molecule has 0 bridgehead atoms. The fourth-order valence-corrected chi connectivity index (χ4v) is 2.60. The van der Waals surface area contributed by atoms with Crippen LogP contribution in [0, 0.1) is 5.92 Å². The van der Waals surface area contributed by atoms with Gasteiger partial charge in [-0.2, -0.15) is 0 Å². The summed E-state index contributed by atoms with van der Waals surface area (Å²) in [7, 11) is 0. The van der Waals surface area contributed by atoms with E-state index in [-0.39, 0.29) is 12.1 Å². The van der Waals surface area contributed by atoms with Gasteiger partial charge in [-0.25, -0.2) is 0 Å². The second kappa shape index (κ2) is 9.37. The molecule has 1 saturated carbocycles. The van der Waals surface area contributed by atoms with E-state index in [4.69, 9.17) is 4.74 Å². The predicted octanol–water partition coefficient (Wildman–Crippen LogP) is 3.44. The van der Waals surface area contributed by atoms with Crippen LogP contribution in [0.25, 0.3) is 0 Å². The van der Waals surface area contributed by atoms with Gasteiger partial charge in [0.1, 0.15) is 0 Å². The molecule has 3 heteroatoms. The predicted molar refractivity (Wildman–Crippen MR) is 72.3 cm³/mol. The summed E-state index contributed by atoms with van der Waals surface area (Å²) in [4.78, 5) is 11.4. The minimum atomic E-state index is -0.318. The first kappa shape index (κ1) is 15.5. The van der Waals surface area contributed by atoms with Crippen molar-refractivity contribution in [3.8, 4) is 0 Å². The summed E-state index contributed by atoms with van der Waals surface area (Å²) in [5, 5.41) is 10.1. The van der Waals surface area contributed by atoms with Crippen molar-refractivity contribution in [1.82, 2.24) is 0 Å². The van der Waals surface area contributed by atoms with E-state index in [0.29, 0.717) is 25.4 Å². The van der Waals surface area contributed by atoms with Crippen molar-refractivity contribution in [2.24, 2.45) is 5.92 Å². The fraction of sp³-hybridized carbons (Fsp3) is 0.933. The minimum Gasteiger partial charge on any atom is -0.466 e. The number of rotatable bonds is 7. The molecule has 1 rings (SSSR count). The molecule has 0 amide bonds. The standard InChI is InChI=1S/C15H28O3/c1-2-3-12-18-15(17)11-10-14(16)13-8-6-4-5-7-9-13/h13-14,16H,2-12H2,1H3. The zero-order valence-corrected chi connectivity index (χ0v) is 11.7. The van der Waals surface area contributed by atoms with Crippen LogP contribution in [-0.4, -0.2) is 23.8 Å². The molecular weight excluding hydrogens is 228 g/mol. The van der Waals surface area contributed by atoms with E-state index in [9.17, 15) is 9.90 Å². The Labute approximate surface area is 111 Å². The summed E-state index contributed by atoms with van der Waals surface area (Å²) < 4.78 is 5.09. The normalized spacial score (nSPS) is 19.2. The molecule has 0 aliphatic heterocycles. The number of aliphatic hydroxyl groups excluding tert-OH is 1. The molecule has 0 heterocycles. The highest BCUT2D eigenvalue weighted by molar-refractivity contribution is 5.69. The Hall–Kier alpha value is -0.570. The lowest BCUT2D eigenvalue weighted by molar-refractivity contribution is -0.144. The van der Waals surface area contributed by atoms with Crippen molar-refractivity contribution in [2.45, 2.75) is 77.2 Å². The van der Waals surface area contributed by atoms with Gasteiger partial charge in [0.15, 0.2) is 0 Å². The smallest absolute Gasteiger partial charge is 0.305 e. The van der Waals surface area contributed by atoms with E-state index in [0.717, 1.165) is 25.7 Å². The Bertz CT molecular complexity index is 220. The first-order valence-electron chi connectivity index (χ1n) is 7.57. The Balaban J connectivity index is 2.14. The molecule has 0 spiro atoms. The van der Waals surface area contributed by atoms with Crippen molar-refractivity contribution in [1.29, 1.82) is 0 Å². The van der Waals surface area contributed by atoms with E-state index in [2.05, 4.69) is 6.92 Å². The van der Waals surface area contributed by atoms with Gasteiger partial charge in [0.05, 0.1) is 12.7 Å². The Morgan fingerprint density at radius 1 is 1.28 bits per heavy atom. The van der Waals surface area contributed by atoms with Gasteiger partial charge in [-0.3, -0.25) is 4.79 Å². The molecule has 0 aromatic heterocycles. The quantitative estimate of drug-likeness (QED) is 0.431. The van der Waals surface area contributed by atoms with E-state index < -0.39 is 0 Å². The monoisotopic (exact) mass is 256 g/mol. The third kappa shape index (κ3) is 6.39. The van der Waals surface area contributed by atoms with Crippen LogP contribution in [0.3, 0.4) is 0 Å². The van der Waals surface area contributed by atoms with Crippen LogP contribution in [0.15, 0.2) is 0 Å². The van der Waals surface area contributed by atoms with Crippen molar-refractivity contribution >= 4 is 5.97 Å². The third-order valence-electron chi connectivity index (χ3n) is 3.85. The van der Waals surface area contributed by atoms with Gasteiger partial charge in [0.25, 0.3) is 0 Å². The molecule has 1 atom stereocenters. The second-order valence-corrected chi connectivity index (χ2v) is 5.43. The zero-order valence-electron chi connectivity index (χ0n) is 11.7.